The van der Waals surface area contributed by atoms with Gasteiger partial charge in [-0.05, 0) is 44.0 Å². The van der Waals surface area contributed by atoms with Crippen LogP contribution in [0.4, 0.5) is 4.39 Å². The normalized spacial score (nSPS) is 15.1. The molecule has 4 rings (SSSR count). The fourth-order valence-electron chi connectivity index (χ4n) is 3.99. The van der Waals surface area contributed by atoms with Crippen LogP contribution in [0.2, 0.25) is 0 Å². The molecule has 3 aromatic rings. The van der Waals surface area contributed by atoms with Gasteiger partial charge in [-0.25, -0.2) is 17.6 Å². The molecule has 0 amide bonds. The Labute approximate surface area is 185 Å². The molecule has 9 heteroatoms. The van der Waals surface area contributed by atoms with Gasteiger partial charge < -0.3 is 9.72 Å². The number of rotatable bonds is 6. The third-order valence-corrected chi connectivity index (χ3v) is 7.52. The van der Waals surface area contributed by atoms with Crippen molar-refractivity contribution >= 4 is 32.7 Å². The number of nitrogens with one attached hydrogen (secondary N) is 1. The standard InChI is InChI=1S/C23H23FN2O5S/c1-15-22(17-7-3-4-8-19(17)25-15)20(27)14-31-23(28)16-9-10-18(24)21(13-16)32(29,30)26-11-5-2-6-12-26/h3-4,7-10,13,25H,2,5-6,11-12,14H2,1H3. The van der Waals surface area contributed by atoms with Gasteiger partial charge in [0.1, 0.15) is 10.7 Å². The van der Waals surface area contributed by atoms with Crippen molar-refractivity contribution < 1.29 is 27.1 Å². The Bertz CT molecular complexity index is 1290. The number of ketones is 1. The predicted octanol–water partition coefficient (Wildman–Crippen LogP) is 3.83. The average molecular weight is 459 g/mol. The first-order valence-corrected chi connectivity index (χ1v) is 11.8. The number of piperidine rings is 1. The Morgan fingerprint density at radius 1 is 1.09 bits per heavy atom. The number of hydrogen-bond donors (Lipinski definition) is 1. The summed E-state index contributed by atoms with van der Waals surface area (Å²) < 4.78 is 46.4. The lowest BCUT2D eigenvalue weighted by Gasteiger charge is -2.26. The molecule has 0 unspecified atom stereocenters. The van der Waals surface area contributed by atoms with E-state index in [9.17, 15) is 22.4 Å². The van der Waals surface area contributed by atoms with E-state index < -0.39 is 39.1 Å². The van der Waals surface area contributed by atoms with Crippen LogP contribution < -0.4 is 0 Å². The summed E-state index contributed by atoms with van der Waals surface area (Å²) in [5, 5.41) is 0.725. The minimum atomic E-state index is -4.07. The fourth-order valence-corrected chi connectivity index (χ4v) is 5.60. The van der Waals surface area contributed by atoms with Gasteiger partial charge in [0.25, 0.3) is 0 Å². The molecule has 168 valence electrons. The van der Waals surface area contributed by atoms with Crippen LogP contribution in [-0.2, 0) is 14.8 Å². The Morgan fingerprint density at radius 2 is 1.81 bits per heavy atom. The summed E-state index contributed by atoms with van der Waals surface area (Å²) in [6.45, 7) is 1.86. The summed E-state index contributed by atoms with van der Waals surface area (Å²) in [5.41, 5.74) is 1.75. The number of fused-ring (bicyclic) bond motifs is 1. The van der Waals surface area contributed by atoms with Crippen molar-refractivity contribution in [3.63, 3.8) is 0 Å². The van der Waals surface area contributed by atoms with Crippen LogP contribution in [0, 0.1) is 12.7 Å². The molecular weight excluding hydrogens is 435 g/mol. The third-order valence-electron chi connectivity index (χ3n) is 5.61. The highest BCUT2D eigenvalue weighted by Crippen LogP contribution is 2.25. The second-order valence-corrected chi connectivity index (χ2v) is 9.69. The molecule has 1 aliphatic heterocycles. The van der Waals surface area contributed by atoms with Gasteiger partial charge in [0.05, 0.1) is 5.56 Å². The summed E-state index contributed by atoms with van der Waals surface area (Å²) in [6, 6.07) is 10.3. The second kappa shape index (κ2) is 8.84. The molecule has 0 aliphatic carbocycles. The van der Waals surface area contributed by atoms with Gasteiger partial charge in [-0.3, -0.25) is 4.79 Å². The molecule has 7 nitrogen and oxygen atoms in total. The first-order chi connectivity index (χ1) is 15.3. The molecule has 0 atom stereocenters. The van der Waals surface area contributed by atoms with Crippen LogP contribution in [0.3, 0.4) is 0 Å². The van der Waals surface area contributed by atoms with Gasteiger partial charge in [0, 0.05) is 35.2 Å². The van der Waals surface area contributed by atoms with Crippen molar-refractivity contribution in [3.8, 4) is 0 Å². The van der Waals surface area contributed by atoms with Crippen LogP contribution >= 0.6 is 0 Å². The first kappa shape index (κ1) is 22.2. The summed E-state index contributed by atoms with van der Waals surface area (Å²) >= 11 is 0. The molecule has 2 aromatic carbocycles. The average Bonchev–Trinajstić information content (AvgIpc) is 3.13. The van der Waals surface area contributed by atoms with Crippen molar-refractivity contribution in [1.82, 2.24) is 9.29 Å². The van der Waals surface area contributed by atoms with Crippen molar-refractivity contribution in [2.75, 3.05) is 19.7 Å². The number of carbonyl (C=O) groups is 2. The Hall–Kier alpha value is -3.04. The SMILES string of the molecule is Cc1[nH]c2ccccc2c1C(=O)COC(=O)c1ccc(F)c(S(=O)(=O)N2CCCCC2)c1. The van der Waals surface area contributed by atoms with Crippen LogP contribution in [0.25, 0.3) is 10.9 Å². The molecular formula is C23H23FN2O5S. The van der Waals surface area contributed by atoms with E-state index in [0.717, 1.165) is 35.5 Å². The molecule has 0 radical (unpaired) electrons. The molecule has 1 aromatic heterocycles. The zero-order valence-corrected chi connectivity index (χ0v) is 18.4. The third kappa shape index (κ3) is 4.18. The van der Waals surface area contributed by atoms with Gasteiger partial charge in [-0.1, -0.05) is 24.6 Å². The number of aromatic nitrogens is 1. The Kier molecular flexibility index (Phi) is 6.12. The summed E-state index contributed by atoms with van der Waals surface area (Å²) in [7, 11) is -4.07. The van der Waals surface area contributed by atoms with Crippen LogP contribution in [-0.4, -0.2) is 49.2 Å². The topological polar surface area (TPSA) is 96.5 Å². The van der Waals surface area contributed by atoms with E-state index in [1.807, 2.05) is 12.1 Å². The number of ether oxygens (including phenoxy) is 1. The van der Waals surface area contributed by atoms with Crippen LogP contribution in [0.1, 0.15) is 45.7 Å². The molecule has 0 saturated carbocycles. The number of aromatic amines is 1. The number of carbonyl (C=O) groups excluding carboxylic acids is 2. The number of sulfonamides is 1. The number of benzene rings is 2. The lowest BCUT2D eigenvalue weighted by molar-refractivity contribution is 0.0474. The molecule has 32 heavy (non-hydrogen) atoms. The lowest BCUT2D eigenvalue weighted by Crippen LogP contribution is -2.36. The molecule has 1 saturated heterocycles. The van der Waals surface area contributed by atoms with Crippen molar-refractivity contribution in [1.29, 1.82) is 0 Å². The number of hydrogen-bond acceptors (Lipinski definition) is 5. The van der Waals surface area contributed by atoms with Crippen molar-refractivity contribution in [3.05, 3.63) is 65.1 Å². The maximum Gasteiger partial charge on any atom is 0.338 e. The summed E-state index contributed by atoms with van der Waals surface area (Å²) in [5.74, 6) is -2.22. The Balaban J connectivity index is 1.52. The molecule has 0 bridgehead atoms. The number of Topliss-reactive ketones (excluding diaryl/α,β-unsaturated/α-hetero) is 1. The number of aryl methyl sites for hydroxylation is 1. The highest BCUT2D eigenvalue weighted by Gasteiger charge is 2.30. The minimum Gasteiger partial charge on any atom is -0.454 e. The minimum absolute atomic E-state index is 0.134. The maximum atomic E-state index is 14.4. The lowest BCUT2D eigenvalue weighted by atomic mass is 10.1. The molecule has 1 N–H and O–H groups in total. The predicted molar refractivity (Wildman–Crippen MR) is 117 cm³/mol. The highest BCUT2D eigenvalue weighted by molar-refractivity contribution is 7.89. The molecule has 1 fully saturated rings. The number of halogens is 1. The largest absolute Gasteiger partial charge is 0.454 e. The zero-order valence-electron chi connectivity index (χ0n) is 17.6. The van der Waals surface area contributed by atoms with Gasteiger partial charge in [-0.2, -0.15) is 4.31 Å². The van der Waals surface area contributed by atoms with Crippen LogP contribution in [0.15, 0.2) is 47.4 Å². The fraction of sp³-hybridized carbons (Fsp3) is 0.304. The Morgan fingerprint density at radius 3 is 2.56 bits per heavy atom. The van der Waals surface area contributed by atoms with Gasteiger partial charge in [0.2, 0.25) is 15.8 Å². The van der Waals surface area contributed by atoms with E-state index >= 15 is 0 Å². The van der Waals surface area contributed by atoms with Gasteiger partial charge in [0.15, 0.2) is 6.61 Å². The summed E-state index contributed by atoms with van der Waals surface area (Å²) in [4.78, 5) is 27.8. The molecule has 0 spiro atoms. The number of H-pyrrole nitrogens is 1. The quantitative estimate of drug-likeness (QED) is 0.447. The number of para-hydroxylation sites is 1. The number of nitrogens with zero attached hydrogens (tertiary/aromatic N) is 1. The molecule has 2 heterocycles. The second-order valence-electron chi connectivity index (χ2n) is 7.78. The number of esters is 1. The van der Waals surface area contributed by atoms with Gasteiger partial charge >= 0.3 is 5.97 Å². The van der Waals surface area contributed by atoms with E-state index in [1.165, 1.54) is 4.31 Å². The van der Waals surface area contributed by atoms with Gasteiger partial charge in [-0.15, -0.1) is 0 Å². The van der Waals surface area contributed by atoms with E-state index in [4.69, 9.17) is 4.74 Å². The first-order valence-electron chi connectivity index (χ1n) is 10.4. The van der Waals surface area contributed by atoms with Crippen LogP contribution in [0.5, 0.6) is 0 Å². The maximum absolute atomic E-state index is 14.4. The van der Waals surface area contributed by atoms with E-state index in [0.29, 0.717) is 37.2 Å². The van der Waals surface area contributed by atoms with E-state index in [2.05, 4.69) is 4.98 Å². The van der Waals surface area contributed by atoms with Crippen molar-refractivity contribution in [2.45, 2.75) is 31.1 Å². The van der Waals surface area contributed by atoms with E-state index in [-0.39, 0.29) is 5.56 Å². The zero-order chi connectivity index (χ0) is 22.9. The monoisotopic (exact) mass is 458 g/mol. The highest BCUT2D eigenvalue weighted by atomic mass is 32.2. The molecule has 1 aliphatic rings. The smallest absolute Gasteiger partial charge is 0.338 e. The van der Waals surface area contributed by atoms with Crippen molar-refractivity contribution in [2.24, 2.45) is 0 Å². The summed E-state index contributed by atoms with van der Waals surface area (Å²) in [6.07, 6.45) is 2.33. The van der Waals surface area contributed by atoms with E-state index in [1.54, 1.807) is 19.1 Å².